The van der Waals surface area contributed by atoms with E-state index in [0.717, 1.165) is 0 Å². The zero-order chi connectivity index (χ0) is 11.5. The van der Waals surface area contributed by atoms with Crippen molar-refractivity contribution >= 4 is 46.1 Å². The number of anilines is 1. The quantitative estimate of drug-likeness (QED) is 0.906. The monoisotopic (exact) mass is 272 g/mol. The first kappa shape index (κ1) is 11.4. The lowest BCUT2D eigenvalue weighted by atomic mass is 10.3. The highest BCUT2D eigenvalue weighted by Gasteiger charge is 2.10. The summed E-state index contributed by atoms with van der Waals surface area (Å²) < 4.78 is 0. The predicted octanol–water partition coefficient (Wildman–Crippen LogP) is 3.70. The van der Waals surface area contributed by atoms with Crippen LogP contribution in [0.3, 0.4) is 0 Å². The second-order valence-electron chi connectivity index (χ2n) is 2.95. The smallest absolute Gasteiger partial charge is 0.275 e. The Bertz CT molecular complexity index is 514. The number of aromatic nitrogens is 1. The number of thiazole rings is 1. The van der Waals surface area contributed by atoms with Crippen molar-refractivity contribution in [2.75, 3.05) is 5.32 Å². The Balaban J connectivity index is 2.21. The van der Waals surface area contributed by atoms with E-state index in [-0.39, 0.29) is 5.91 Å². The number of carbonyl (C=O) groups is 1. The van der Waals surface area contributed by atoms with Crippen LogP contribution in [0, 0.1) is 0 Å². The van der Waals surface area contributed by atoms with Gasteiger partial charge < -0.3 is 5.32 Å². The maximum Gasteiger partial charge on any atom is 0.275 e. The number of benzene rings is 1. The molecule has 2 aromatic rings. The number of nitrogens with one attached hydrogen (secondary N) is 1. The van der Waals surface area contributed by atoms with Crippen molar-refractivity contribution in [3.8, 4) is 0 Å². The first-order valence-electron chi connectivity index (χ1n) is 4.31. The number of carbonyl (C=O) groups excluding carboxylic acids is 1. The molecule has 0 unspecified atom stereocenters. The first-order valence-corrected chi connectivity index (χ1v) is 6.01. The van der Waals surface area contributed by atoms with Crippen molar-refractivity contribution in [2.45, 2.75) is 0 Å². The average molecular weight is 273 g/mol. The fourth-order valence-electron chi connectivity index (χ4n) is 1.10. The van der Waals surface area contributed by atoms with E-state index in [9.17, 15) is 4.79 Å². The lowest BCUT2D eigenvalue weighted by Gasteiger charge is -2.05. The van der Waals surface area contributed by atoms with Gasteiger partial charge in [-0.2, -0.15) is 0 Å². The molecule has 1 N–H and O–H groups in total. The van der Waals surface area contributed by atoms with Crippen molar-refractivity contribution in [3.05, 3.63) is 44.8 Å². The molecule has 1 aromatic carbocycles. The second kappa shape index (κ2) is 4.82. The molecule has 16 heavy (non-hydrogen) atoms. The topological polar surface area (TPSA) is 42.0 Å². The van der Waals surface area contributed by atoms with E-state index in [4.69, 9.17) is 23.2 Å². The van der Waals surface area contributed by atoms with E-state index >= 15 is 0 Å². The minimum absolute atomic E-state index is 0.301. The molecule has 0 saturated heterocycles. The molecule has 2 rings (SSSR count). The van der Waals surface area contributed by atoms with Crippen molar-refractivity contribution in [2.24, 2.45) is 0 Å². The number of hydrogen-bond donors (Lipinski definition) is 1. The molecule has 0 aliphatic rings. The van der Waals surface area contributed by atoms with Crippen LogP contribution in [0.4, 0.5) is 5.69 Å². The molecule has 0 radical (unpaired) electrons. The summed E-state index contributed by atoms with van der Waals surface area (Å²) in [5.41, 5.74) is 2.43. The molecular weight excluding hydrogens is 267 g/mol. The van der Waals surface area contributed by atoms with Gasteiger partial charge in [0.25, 0.3) is 5.91 Å². The number of nitrogens with zero attached hydrogens (tertiary/aromatic N) is 1. The molecule has 1 amide bonds. The van der Waals surface area contributed by atoms with Gasteiger partial charge >= 0.3 is 0 Å². The Morgan fingerprint density at radius 3 is 2.88 bits per heavy atom. The maximum atomic E-state index is 11.7. The van der Waals surface area contributed by atoms with Gasteiger partial charge in [-0.3, -0.25) is 4.79 Å². The summed E-state index contributed by atoms with van der Waals surface area (Å²) in [6, 6.07) is 4.87. The minimum Gasteiger partial charge on any atom is -0.319 e. The molecule has 1 heterocycles. The highest BCUT2D eigenvalue weighted by atomic mass is 35.5. The van der Waals surface area contributed by atoms with Crippen LogP contribution in [0.15, 0.2) is 29.1 Å². The Morgan fingerprint density at radius 2 is 2.19 bits per heavy atom. The summed E-state index contributed by atoms with van der Waals surface area (Å²) in [4.78, 5) is 15.6. The molecular formula is C10H6Cl2N2OS. The molecule has 0 fully saturated rings. The second-order valence-corrected chi connectivity index (χ2v) is 4.51. The summed E-state index contributed by atoms with van der Waals surface area (Å²) in [6.45, 7) is 0. The number of halogens is 2. The van der Waals surface area contributed by atoms with Crippen LogP contribution < -0.4 is 5.32 Å². The normalized spacial score (nSPS) is 10.1. The number of amides is 1. The van der Waals surface area contributed by atoms with Crippen LogP contribution in [0.25, 0.3) is 0 Å². The number of hydrogen-bond acceptors (Lipinski definition) is 3. The average Bonchev–Trinajstić information content (AvgIpc) is 2.76. The fraction of sp³-hybridized carbons (Fsp3) is 0. The molecule has 0 aliphatic heterocycles. The molecule has 0 atom stereocenters. The van der Waals surface area contributed by atoms with Crippen molar-refractivity contribution in [1.29, 1.82) is 0 Å². The number of rotatable bonds is 2. The highest BCUT2D eigenvalue weighted by Crippen LogP contribution is 2.25. The van der Waals surface area contributed by atoms with Crippen LogP contribution in [0.2, 0.25) is 10.0 Å². The maximum absolute atomic E-state index is 11.7. The van der Waals surface area contributed by atoms with E-state index in [1.54, 1.807) is 29.1 Å². The summed E-state index contributed by atoms with van der Waals surface area (Å²) in [5, 5.41) is 5.25. The van der Waals surface area contributed by atoms with E-state index < -0.39 is 0 Å². The largest absolute Gasteiger partial charge is 0.319 e. The predicted molar refractivity (Wildman–Crippen MR) is 66.5 cm³/mol. The minimum atomic E-state index is -0.301. The zero-order valence-corrected chi connectivity index (χ0v) is 10.2. The van der Waals surface area contributed by atoms with E-state index in [1.165, 1.54) is 11.3 Å². The van der Waals surface area contributed by atoms with Gasteiger partial charge in [-0.15, -0.1) is 11.3 Å². The van der Waals surface area contributed by atoms with E-state index in [0.29, 0.717) is 21.4 Å². The van der Waals surface area contributed by atoms with Crippen LogP contribution in [-0.4, -0.2) is 10.9 Å². The van der Waals surface area contributed by atoms with Crippen LogP contribution in [-0.2, 0) is 0 Å². The van der Waals surface area contributed by atoms with Gasteiger partial charge in [-0.25, -0.2) is 4.98 Å². The zero-order valence-electron chi connectivity index (χ0n) is 7.91. The first-order chi connectivity index (χ1) is 7.66. The summed E-state index contributed by atoms with van der Waals surface area (Å²) in [6.07, 6.45) is 0. The highest BCUT2D eigenvalue weighted by molar-refractivity contribution is 7.07. The van der Waals surface area contributed by atoms with Gasteiger partial charge in [-0.1, -0.05) is 23.2 Å². The Morgan fingerprint density at radius 1 is 1.38 bits per heavy atom. The summed E-state index contributed by atoms with van der Waals surface area (Å²) >= 11 is 13.1. The fourth-order valence-corrected chi connectivity index (χ4v) is 1.97. The molecule has 6 heteroatoms. The summed E-state index contributed by atoms with van der Waals surface area (Å²) in [5.74, 6) is -0.301. The lowest BCUT2D eigenvalue weighted by Crippen LogP contribution is -2.12. The Hall–Kier alpha value is -1.10. The van der Waals surface area contributed by atoms with E-state index in [2.05, 4.69) is 10.3 Å². The van der Waals surface area contributed by atoms with Crippen molar-refractivity contribution < 1.29 is 4.79 Å². The third kappa shape index (κ3) is 2.52. The van der Waals surface area contributed by atoms with Gasteiger partial charge in [0.1, 0.15) is 5.69 Å². The molecule has 0 spiro atoms. The van der Waals surface area contributed by atoms with Crippen molar-refractivity contribution in [3.63, 3.8) is 0 Å². The van der Waals surface area contributed by atoms with Gasteiger partial charge in [-0.05, 0) is 18.2 Å². The standard InChI is InChI=1S/C10H6Cl2N2OS/c11-6-1-2-7(12)8(3-6)14-10(15)9-4-16-5-13-9/h1-5H,(H,14,15). The molecule has 0 aliphatic carbocycles. The molecule has 0 bridgehead atoms. The van der Waals surface area contributed by atoms with Crippen LogP contribution in [0.5, 0.6) is 0 Å². The van der Waals surface area contributed by atoms with Gasteiger partial charge in [0.05, 0.1) is 16.2 Å². The third-order valence-corrected chi connectivity index (χ3v) is 2.99. The Labute approximate surface area is 106 Å². The van der Waals surface area contributed by atoms with Gasteiger partial charge in [0.15, 0.2) is 0 Å². The molecule has 1 aromatic heterocycles. The molecule has 3 nitrogen and oxygen atoms in total. The molecule has 82 valence electrons. The third-order valence-electron chi connectivity index (χ3n) is 1.84. The van der Waals surface area contributed by atoms with E-state index in [1.807, 2.05) is 0 Å². The van der Waals surface area contributed by atoms with Crippen molar-refractivity contribution in [1.82, 2.24) is 4.98 Å². The van der Waals surface area contributed by atoms with Gasteiger partial charge in [0.2, 0.25) is 0 Å². The Kier molecular flexibility index (Phi) is 3.43. The summed E-state index contributed by atoms with van der Waals surface area (Å²) in [7, 11) is 0. The van der Waals surface area contributed by atoms with Crippen LogP contribution >= 0.6 is 34.5 Å². The van der Waals surface area contributed by atoms with Crippen LogP contribution in [0.1, 0.15) is 10.5 Å². The SMILES string of the molecule is O=C(Nc1cc(Cl)ccc1Cl)c1cscn1. The lowest BCUT2D eigenvalue weighted by molar-refractivity contribution is 0.102. The van der Waals surface area contributed by atoms with Gasteiger partial charge in [0, 0.05) is 10.4 Å². The molecule has 0 saturated carbocycles.